The van der Waals surface area contributed by atoms with E-state index >= 15 is 0 Å². The first-order chi connectivity index (χ1) is 8.42. The average molecular weight is 282 g/mol. The zero-order valence-corrected chi connectivity index (χ0v) is 11.9. The molecule has 5 heteroatoms. The smallest absolute Gasteiger partial charge is 0.133 e. The fourth-order valence-corrected chi connectivity index (χ4v) is 4.49. The highest BCUT2D eigenvalue weighted by atomic mass is 32.2. The van der Waals surface area contributed by atoms with E-state index < -0.39 is 0 Å². The van der Waals surface area contributed by atoms with E-state index in [2.05, 4.69) is 39.6 Å². The Balaban J connectivity index is 1.68. The number of thioether (sulfide) groups is 1. The van der Waals surface area contributed by atoms with E-state index in [-0.39, 0.29) is 0 Å². The highest BCUT2D eigenvalue weighted by Gasteiger charge is 2.13. The van der Waals surface area contributed by atoms with E-state index in [1.807, 2.05) is 0 Å². The number of hydrogen-bond acceptors (Lipinski definition) is 5. The minimum atomic E-state index is 1.02. The van der Waals surface area contributed by atoms with Crippen LogP contribution in [0.2, 0.25) is 0 Å². The van der Waals surface area contributed by atoms with Crippen LogP contribution in [0.25, 0.3) is 9.88 Å². The van der Waals surface area contributed by atoms with Crippen molar-refractivity contribution in [1.82, 2.24) is 9.88 Å². The Hall–Kier alpha value is -0.360. The van der Waals surface area contributed by atoms with Gasteiger partial charge in [0.25, 0.3) is 0 Å². The number of thiophene rings is 1. The zero-order chi connectivity index (χ0) is 11.5. The quantitative estimate of drug-likeness (QED) is 0.858. The van der Waals surface area contributed by atoms with Gasteiger partial charge in [0, 0.05) is 36.5 Å². The highest BCUT2D eigenvalue weighted by Crippen LogP contribution is 2.28. The Morgan fingerprint density at radius 2 is 2.12 bits per heavy atom. The van der Waals surface area contributed by atoms with Crippen LogP contribution in [-0.2, 0) is 6.54 Å². The lowest BCUT2D eigenvalue weighted by atomic mass is 10.4. The van der Waals surface area contributed by atoms with Gasteiger partial charge in [0.05, 0.1) is 10.6 Å². The Morgan fingerprint density at radius 1 is 1.24 bits per heavy atom. The Morgan fingerprint density at radius 3 is 2.88 bits per heavy atom. The van der Waals surface area contributed by atoms with Crippen molar-refractivity contribution < 1.29 is 0 Å². The molecule has 2 nitrogen and oxygen atoms in total. The third-order valence-electron chi connectivity index (χ3n) is 2.77. The topological polar surface area (TPSA) is 16.1 Å². The van der Waals surface area contributed by atoms with Crippen molar-refractivity contribution in [2.24, 2.45) is 0 Å². The highest BCUT2D eigenvalue weighted by molar-refractivity contribution is 7.99. The normalized spacial score (nSPS) is 17.4. The fraction of sp³-hybridized carbons (Fsp3) is 0.417. The molecule has 3 heterocycles. The molecule has 1 aliphatic rings. The van der Waals surface area contributed by atoms with E-state index in [0.717, 1.165) is 6.54 Å². The third kappa shape index (κ3) is 2.91. The van der Waals surface area contributed by atoms with Crippen LogP contribution in [0, 0.1) is 0 Å². The minimum Gasteiger partial charge on any atom is -0.296 e. The molecule has 1 fully saturated rings. The second kappa shape index (κ2) is 5.52. The van der Waals surface area contributed by atoms with Gasteiger partial charge in [-0.3, -0.25) is 4.90 Å². The zero-order valence-electron chi connectivity index (χ0n) is 9.46. The molecule has 17 heavy (non-hydrogen) atoms. The molecule has 0 aliphatic carbocycles. The molecule has 0 aromatic carbocycles. The van der Waals surface area contributed by atoms with E-state index in [4.69, 9.17) is 4.98 Å². The number of rotatable bonds is 3. The minimum absolute atomic E-state index is 1.02. The van der Waals surface area contributed by atoms with Crippen molar-refractivity contribution >= 4 is 34.4 Å². The summed E-state index contributed by atoms with van der Waals surface area (Å²) in [4.78, 5) is 8.52. The molecule has 90 valence electrons. The first-order valence-corrected chi connectivity index (χ1v) is 8.61. The molecule has 3 rings (SSSR count). The number of nitrogens with zero attached hydrogens (tertiary/aromatic N) is 2. The molecule has 0 N–H and O–H groups in total. The predicted molar refractivity (Wildman–Crippen MR) is 78.0 cm³/mol. The summed E-state index contributed by atoms with van der Waals surface area (Å²) in [6, 6.07) is 4.23. The molecule has 2 aromatic rings. The Labute approximate surface area is 114 Å². The molecule has 1 saturated heterocycles. The second-order valence-corrected chi connectivity index (χ2v) is 7.04. The van der Waals surface area contributed by atoms with E-state index in [9.17, 15) is 0 Å². The standard InChI is InChI=1S/C12H14N2S3/c1-2-11(16-5-1)12-13-10(9-17-12)8-14-3-6-15-7-4-14/h1-2,5,9H,3-4,6-8H2. The van der Waals surface area contributed by atoms with Gasteiger partial charge >= 0.3 is 0 Å². The summed E-state index contributed by atoms with van der Waals surface area (Å²) in [5.74, 6) is 2.53. The summed E-state index contributed by atoms with van der Waals surface area (Å²) in [7, 11) is 0. The van der Waals surface area contributed by atoms with Crippen molar-refractivity contribution in [3.8, 4) is 9.88 Å². The lowest BCUT2D eigenvalue weighted by molar-refractivity contribution is 0.292. The Kier molecular flexibility index (Phi) is 3.80. The molecule has 1 aliphatic heterocycles. The van der Waals surface area contributed by atoms with Crippen LogP contribution in [-0.4, -0.2) is 34.5 Å². The summed E-state index contributed by atoms with van der Waals surface area (Å²) in [5.41, 5.74) is 1.23. The van der Waals surface area contributed by atoms with Gasteiger partial charge in [0.2, 0.25) is 0 Å². The van der Waals surface area contributed by atoms with Crippen molar-refractivity contribution in [3.05, 3.63) is 28.6 Å². The molecule has 0 atom stereocenters. The first kappa shape index (κ1) is 11.7. The van der Waals surface area contributed by atoms with Crippen LogP contribution in [0.15, 0.2) is 22.9 Å². The largest absolute Gasteiger partial charge is 0.296 e. The lowest BCUT2D eigenvalue weighted by Crippen LogP contribution is -2.32. The molecule has 0 saturated carbocycles. The maximum Gasteiger partial charge on any atom is 0.133 e. The fourth-order valence-electron chi connectivity index (χ4n) is 1.88. The van der Waals surface area contributed by atoms with Crippen LogP contribution in [0.3, 0.4) is 0 Å². The van der Waals surface area contributed by atoms with Gasteiger partial charge < -0.3 is 0 Å². The van der Waals surface area contributed by atoms with E-state index in [0.29, 0.717) is 0 Å². The summed E-state index contributed by atoms with van der Waals surface area (Å²) >= 11 is 5.58. The average Bonchev–Trinajstić information content (AvgIpc) is 3.00. The van der Waals surface area contributed by atoms with Gasteiger partial charge in [-0.05, 0) is 11.4 Å². The molecule has 0 radical (unpaired) electrons. The van der Waals surface area contributed by atoms with Gasteiger partial charge in [-0.1, -0.05) is 6.07 Å². The van der Waals surface area contributed by atoms with Crippen LogP contribution >= 0.6 is 34.4 Å². The van der Waals surface area contributed by atoms with Crippen molar-refractivity contribution in [2.45, 2.75) is 6.54 Å². The summed E-state index contributed by atoms with van der Waals surface area (Å²) in [6.45, 7) is 3.43. The molecule has 0 bridgehead atoms. The lowest BCUT2D eigenvalue weighted by Gasteiger charge is -2.25. The van der Waals surface area contributed by atoms with Crippen LogP contribution < -0.4 is 0 Å². The number of aromatic nitrogens is 1. The van der Waals surface area contributed by atoms with Gasteiger partial charge in [-0.15, -0.1) is 22.7 Å². The summed E-state index contributed by atoms with van der Waals surface area (Å²) in [6.07, 6.45) is 0. The monoisotopic (exact) mass is 282 g/mol. The second-order valence-electron chi connectivity index (χ2n) is 4.01. The number of hydrogen-bond donors (Lipinski definition) is 0. The summed E-state index contributed by atoms with van der Waals surface area (Å²) < 4.78 is 0. The van der Waals surface area contributed by atoms with Crippen molar-refractivity contribution in [3.63, 3.8) is 0 Å². The van der Waals surface area contributed by atoms with Crippen molar-refractivity contribution in [2.75, 3.05) is 24.6 Å². The first-order valence-electron chi connectivity index (χ1n) is 5.70. The van der Waals surface area contributed by atoms with Gasteiger partial charge in [0.15, 0.2) is 0 Å². The van der Waals surface area contributed by atoms with Crippen molar-refractivity contribution in [1.29, 1.82) is 0 Å². The van der Waals surface area contributed by atoms with Crippen LogP contribution in [0.1, 0.15) is 5.69 Å². The van der Waals surface area contributed by atoms with E-state index in [1.54, 1.807) is 22.7 Å². The molecule has 0 unspecified atom stereocenters. The SMILES string of the molecule is c1csc(-c2nc(CN3CCSCC3)cs2)c1. The molecular weight excluding hydrogens is 268 g/mol. The van der Waals surface area contributed by atoms with Crippen LogP contribution in [0.5, 0.6) is 0 Å². The maximum absolute atomic E-state index is 4.73. The molecule has 0 amide bonds. The van der Waals surface area contributed by atoms with E-state index in [1.165, 1.54) is 40.2 Å². The molecule has 0 spiro atoms. The van der Waals surface area contributed by atoms with Gasteiger partial charge in [-0.2, -0.15) is 11.8 Å². The molecular formula is C12H14N2S3. The van der Waals surface area contributed by atoms with Gasteiger partial charge in [-0.25, -0.2) is 4.98 Å². The van der Waals surface area contributed by atoms with Gasteiger partial charge in [0.1, 0.15) is 5.01 Å². The summed E-state index contributed by atoms with van der Waals surface area (Å²) in [5, 5.41) is 5.48. The number of thiazole rings is 1. The maximum atomic E-state index is 4.73. The van der Waals surface area contributed by atoms with Crippen LogP contribution in [0.4, 0.5) is 0 Å². The predicted octanol–water partition coefficient (Wildman–Crippen LogP) is 3.42. The Bertz CT molecular complexity index is 458. The third-order valence-corrected chi connectivity index (χ3v) is 5.65. The molecule has 2 aromatic heterocycles.